The van der Waals surface area contributed by atoms with E-state index < -0.39 is 0 Å². The average molecular weight is 189 g/mol. The summed E-state index contributed by atoms with van der Waals surface area (Å²) < 4.78 is 0. The molecule has 14 heavy (non-hydrogen) atoms. The first kappa shape index (κ1) is 9.70. The van der Waals surface area contributed by atoms with Crippen LogP contribution in [0.2, 0.25) is 0 Å². The molecule has 2 rings (SSSR count). The molecule has 0 aromatic carbocycles. The van der Waals surface area contributed by atoms with E-state index in [9.17, 15) is 0 Å². The van der Waals surface area contributed by atoms with E-state index in [1.165, 1.54) is 24.8 Å². The number of pyridine rings is 1. The van der Waals surface area contributed by atoms with Crippen LogP contribution in [0.15, 0.2) is 24.5 Å². The first-order valence-electron chi connectivity index (χ1n) is 5.72. The highest BCUT2D eigenvalue weighted by atomic mass is 14.6. The minimum absolute atomic E-state index is 0.758. The van der Waals surface area contributed by atoms with Gasteiger partial charge < -0.3 is 0 Å². The van der Waals surface area contributed by atoms with Crippen LogP contribution in [0, 0.1) is 11.8 Å². The molecule has 0 N–H and O–H groups in total. The Bertz CT molecular complexity index is 281. The van der Waals surface area contributed by atoms with Crippen LogP contribution >= 0.6 is 0 Å². The molecule has 1 heterocycles. The van der Waals surface area contributed by atoms with E-state index in [1.54, 1.807) is 0 Å². The Kier molecular flexibility index (Phi) is 2.85. The topological polar surface area (TPSA) is 12.9 Å². The van der Waals surface area contributed by atoms with Gasteiger partial charge in [0.2, 0.25) is 0 Å². The van der Waals surface area contributed by atoms with Gasteiger partial charge in [-0.15, -0.1) is 0 Å². The van der Waals surface area contributed by atoms with E-state index in [1.807, 2.05) is 6.20 Å². The maximum atomic E-state index is 4.23. The molecule has 1 aliphatic carbocycles. The van der Waals surface area contributed by atoms with Crippen molar-refractivity contribution in [1.29, 1.82) is 0 Å². The van der Waals surface area contributed by atoms with Gasteiger partial charge in [-0.25, -0.2) is 0 Å². The largest absolute Gasteiger partial charge is 0.264 e. The van der Waals surface area contributed by atoms with Crippen molar-refractivity contribution in [3.63, 3.8) is 0 Å². The predicted molar refractivity (Wildman–Crippen MR) is 59.2 cm³/mol. The summed E-state index contributed by atoms with van der Waals surface area (Å²) in [7, 11) is 0. The molecule has 0 spiro atoms. The summed E-state index contributed by atoms with van der Waals surface area (Å²) in [6.07, 6.45) is 8.01. The zero-order valence-electron chi connectivity index (χ0n) is 9.11. The standard InChI is InChI=1S/C13H19N/c1-3-11-7-6-10(2)13(11)12-5-4-8-14-9-12/h4-5,8-11,13H,3,6-7H2,1-2H3/t10-,11?,13?/m1/s1. The van der Waals surface area contributed by atoms with Crippen LogP contribution in [0.4, 0.5) is 0 Å². The lowest BCUT2D eigenvalue weighted by atomic mass is 9.83. The van der Waals surface area contributed by atoms with Crippen molar-refractivity contribution in [2.75, 3.05) is 0 Å². The second-order valence-electron chi connectivity index (χ2n) is 4.54. The molecule has 0 aliphatic heterocycles. The molecular weight excluding hydrogens is 170 g/mol. The van der Waals surface area contributed by atoms with Crippen molar-refractivity contribution in [3.05, 3.63) is 30.1 Å². The van der Waals surface area contributed by atoms with E-state index in [4.69, 9.17) is 0 Å². The van der Waals surface area contributed by atoms with Gasteiger partial charge in [0, 0.05) is 12.4 Å². The van der Waals surface area contributed by atoms with E-state index in [0.29, 0.717) is 0 Å². The highest BCUT2D eigenvalue weighted by molar-refractivity contribution is 5.18. The number of aromatic nitrogens is 1. The third kappa shape index (κ3) is 1.68. The second-order valence-corrected chi connectivity index (χ2v) is 4.54. The molecule has 0 amide bonds. The Morgan fingerprint density at radius 3 is 2.93 bits per heavy atom. The summed E-state index contributed by atoms with van der Waals surface area (Å²) in [5.41, 5.74) is 1.45. The third-order valence-electron chi connectivity index (χ3n) is 3.71. The van der Waals surface area contributed by atoms with Crippen molar-refractivity contribution in [2.45, 2.75) is 39.0 Å². The highest BCUT2D eigenvalue weighted by Crippen LogP contribution is 2.45. The highest BCUT2D eigenvalue weighted by Gasteiger charge is 2.33. The van der Waals surface area contributed by atoms with Crippen molar-refractivity contribution in [1.82, 2.24) is 4.98 Å². The van der Waals surface area contributed by atoms with Crippen LogP contribution in [0.5, 0.6) is 0 Å². The molecule has 1 aliphatic rings. The lowest BCUT2D eigenvalue weighted by Crippen LogP contribution is -2.10. The molecule has 1 saturated carbocycles. The van der Waals surface area contributed by atoms with Gasteiger partial charge in [0.1, 0.15) is 0 Å². The number of hydrogen-bond donors (Lipinski definition) is 0. The number of rotatable bonds is 2. The summed E-state index contributed by atoms with van der Waals surface area (Å²) in [5.74, 6) is 2.48. The Balaban J connectivity index is 2.23. The minimum Gasteiger partial charge on any atom is -0.264 e. The molecule has 1 nitrogen and oxygen atoms in total. The van der Waals surface area contributed by atoms with Gasteiger partial charge in [0.05, 0.1) is 0 Å². The van der Waals surface area contributed by atoms with Crippen molar-refractivity contribution >= 4 is 0 Å². The maximum Gasteiger partial charge on any atom is 0.0302 e. The summed E-state index contributed by atoms with van der Waals surface area (Å²) >= 11 is 0. The molecule has 1 aromatic heterocycles. The van der Waals surface area contributed by atoms with Gasteiger partial charge in [0.15, 0.2) is 0 Å². The molecule has 2 unspecified atom stereocenters. The van der Waals surface area contributed by atoms with Crippen molar-refractivity contribution in [3.8, 4) is 0 Å². The number of hydrogen-bond acceptors (Lipinski definition) is 1. The second kappa shape index (κ2) is 4.12. The first-order valence-corrected chi connectivity index (χ1v) is 5.72. The van der Waals surface area contributed by atoms with Gasteiger partial charge in [0.25, 0.3) is 0 Å². The van der Waals surface area contributed by atoms with Crippen LogP contribution in [0.3, 0.4) is 0 Å². The van der Waals surface area contributed by atoms with Crippen LogP contribution in [-0.2, 0) is 0 Å². The van der Waals surface area contributed by atoms with Crippen molar-refractivity contribution in [2.24, 2.45) is 11.8 Å². The molecule has 3 atom stereocenters. The smallest absolute Gasteiger partial charge is 0.0302 e. The van der Waals surface area contributed by atoms with Gasteiger partial charge in [-0.1, -0.05) is 26.3 Å². The van der Waals surface area contributed by atoms with E-state index >= 15 is 0 Å². The predicted octanol–water partition coefficient (Wildman–Crippen LogP) is 3.62. The molecule has 1 heteroatoms. The lowest BCUT2D eigenvalue weighted by molar-refractivity contribution is 0.421. The van der Waals surface area contributed by atoms with Gasteiger partial charge >= 0.3 is 0 Å². The van der Waals surface area contributed by atoms with Crippen LogP contribution in [-0.4, -0.2) is 4.98 Å². The Hall–Kier alpha value is -0.850. The fourth-order valence-electron chi connectivity index (χ4n) is 2.93. The van der Waals surface area contributed by atoms with E-state index in [0.717, 1.165) is 17.8 Å². The Morgan fingerprint density at radius 2 is 2.29 bits per heavy atom. The maximum absolute atomic E-state index is 4.23. The molecular formula is C13H19N. The van der Waals surface area contributed by atoms with Crippen LogP contribution in [0.25, 0.3) is 0 Å². The van der Waals surface area contributed by atoms with Crippen molar-refractivity contribution < 1.29 is 0 Å². The molecule has 1 aromatic rings. The summed E-state index contributed by atoms with van der Waals surface area (Å²) in [5, 5.41) is 0. The fraction of sp³-hybridized carbons (Fsp3) is 0.615. The zero-order chi connectivity index (χ0) is 9.97. The normalized spacial score (nSPS) is 32.0. The zero-order valence-corrected chi connectivity index (χ0v) is 9.11. The first-order chi connectivity index (χ1) is 6.83. The lowest BCUT2D eigenvalue weighted by Gasteiger charge is -2.21. The Morgan fingerprint density at radius 1 is 1.43 bits per heavy atom. The molecule has 0 bridgehead atoms. The monoisotopic (exact) mass is 189 g/mol. The van der Waals surface area contributed by atoms with E-state index in [-0.39, 0.29) is 0 Å². The summed E-state index contributed by atoms with van der Waals surface area (Å²) in [6, 6.07) is 4.30. The average Bonchev–Trinajstić information content (AvgIpc) is 2.61. The van der Waals surface area contributed by atoms with Crippen LogP contribution in [0.1, 0.15) is 44.6 Å². The van der Waals surface area contributed by atoms with Gasteiger partial charge in [-0.3, -0.25) is 4.98 Å². The number of nitrogens with zero attached hydrogens (tertiary/aromatic N) is 1. The molecule has 1 fully saturated rings. The minimum atomic E-state index is 0.758. The molecule has 76 valence electrons. The Labute approximate surface area is 86.6 Å². The molecule has 0 radical (unpaired) electrons. The molecule has 0 saturated heterocycles. The fourth-order valence-corrected chi connectivity index (χ4v) is 2.93. The van der Waals surface area contributed by atoms with Crippen LogP contribution < -0.4 is 0 Å². The summed E-state index contributed by atoms with van der Waals surface area (Å²) in [4.78, 5) is 4.23. The third-order valence-corrected chi connectivity index (χ3v) is 3.71. The van der Waals surface area contributed by atoms with Gasteiger partial charge in [-0.05, 0) is 42.2 Å². The SMILES string of the molecule is CCC1CC[C@@H](C)C1c1cccnc1. The van der Waals surface area contributed by atoms with E-state index in [2.05, 4.69) is 37.2 Å². The quantitative estimate of drug-likeness (QED) is 0.692. The van der Waals surface area contributed by atoms with Gasteiger partial charge in [-0.2, -0.15) is 0 Å². The summed E-state index contributed by atoms with van der Waals surface area (Å²) in [6.45, 7) is 4.69.